The summed E-state index contributed by atoms with van der Waals surface area (Å²) in [7, 11) is -3.53. The molecule has 1 saturated carbocycles. The average molecular weight is 585 g/mol. The van der Waals surface area contributed by atoms with Crippen LogP contribution in [-0.2, 0) is 28.3 Å². The Labute approximate surface area is 230 Å². The van der Waals surface area contributed by atoms with Crippen molar-refractivity contribution in [2.24, 2.45) is 0 Å². The molecule has 1 aromatic carbocycles. The Bertz CT molecular complexity index is 1110. The number of anilines is 1. The van der Waals surface area contributed by atoms with Crippen molar-refractivity contribution >= 4 is 54.6 Å². The molecule has 1 fully saturated rings. The number of amides is 3. The number of aliphatic carboxylic acids is 2. The molecule has 1 unspecified atom stereocenters. The van der Waals surface area contributed by atoms with Crippen molar-refractivity contribution in [2.45, 2.75) is 51.1 Å². The Morgan fingerprint density at radius 1 is 1.10 bits per heavy atom. The van der Waals surface area contributed by atoms with E-state index in [2.05, 4.69) is 21.0 Å². The molecular weight excluding hydrogens is 551 g/mol. The van der Waals surface area contributed by atoms with E-state index in [0.29, 0.717) is 11.3 Å². The lowest BCUT2D eigenvalue weighted by molar-refractivity contribution is -0.138. The van der Waals surface area contributed by atoms with E-state index in [-0.39, 0.29) is 43.6 Å². The number of nitrogens with one attached hydrogen (secondary N) is 4. The molecule has 3 amide bonds. The van der Waals surface area contributed by atoms with Crippen LogP contribution in [0, 0.1) is 0 Å². The zero-order chi connectivity index (χ0) is 28.8. The van der Waals surface area contributed by atoms with Gasteiger partial charge < -0.3 is 35.8 Å². The second-order valence-corrected chi connectivity index (χ2v) is 11.5. The van der Waals surface area contributed by atoms with Crippen LogP contribution in [-0.4, -0.2) is 70.9 Å². The topological polar surface area (TPSA) is 200 Å². The van der Waals surface area contributed by atoms with Crippen molar-refractivity contribution < 1.29 is 43.3 Å². The predicted molar refractivity (Wildman–Crippen MR) is 145 cm³/mol. The van der Waals surface area contributed by atoms with Gasteiger partial charge in [-0.1, -0.05) is 0 Å². The SMILES string of the molecule is CCOP(=O)(/C=C\SC[C@H](NC(=O)CCCC(=O)O)C(=O)NCC(=O)O)Nc1ccc(C(=O)NC2CC2)cc1. The summed E-state index contributed by atoms with van der Waals surface area (Å²) in [5.41, 5.74) is 0.936. The third-order valence-electron chi connectivity index (χ3n) is 5.14. The highest BCUT2D eigenvalue weighted by atomic mass is 32.2. The van der Waals surface area contributed by atoms with E-state index in [1.54, 1.807) is 31.2 Å². The molecule has 0 bridgehead atoms. The number of carbonyl (C=O) groups excluding carboxylic acids is 3. The van der Waals surface area contributed by atoms with Crippen molar-refractivity contribution in [1.82, 2.24) is 16.0 Å². The van der Waals surface area contributed by atoms with Gasteiger partial charge in [0, 0.05) is 41.7 Å². The van der Waals surface area contributed by atoms with Crippen molar-refractivity contribution in [3.05, 3.63) is 41.1 Å². The Balaban J connectivity index is 1.98. The number of carboxylic acid groups (broad SMARTS) is 2. The normalized spacial score (nSPS) is 15.1. The monoisotopic (exact) mass is 584 g/mol. The van der Waals surface area contributed by atoms with Crippen LogP contribution >= 0.6 is 19.3 Å². The Kier molecular flexibility index (Phi) is 13.0. The highest BCUT2D eigenvalue weighted by Crippen LogP contribution is 2.48. The van der Waals surface area contributed by atoms with Crippen LogP contribution in [0.2, 0.25) is 0 Å². The van der Waals surface area contributed by atoms with Gasteiger partial charge in [0.2, 0.25) is 11.8 Å². The van der Waals surface area contributed by atoms with E-state index < -0.39 is 43.9 Å². The molecule has 15 heteroatoms. The third kappa shape index (κ3) is 12.8. The zero-order valence-electron chi connectivity index (χ0n) is 21.4. The Morgan fingerprint density at radius 3 is 2.38 bits per heavy atom. The first-order valence-electron chi connectivity index (χ1n) is 12.2. The molecule has 214 valence electrons. The third-order valence-corrected chi connectivity index (χ3v) is 7.95. The smallest absolute Gasteiger partial charge is 0.322 e. The lowest BCUT2D eigenvalue weighted by Crippen LogP contribution is -2.49. The maximum Gasteiger partial charge on any atom is 0.322 e. The summed E-state index contributed by atoms with van der Waals surface area (Å²) in [6.45, 7) is 1.16. The number of rotatable bonds is 18. The summed E-state index contributed by atoms with van der Waals surface area (Å²) in [5, 5.41) is 29.3. The second kappa shape index (κ2) is 15.9. The summed E-state index contributed by atoms with van der Waals surface area (Å²) in [6, 6.07) is 5.53. The molecule has 39 heavy (non-hydrogen) atoms. The van der Waals surface area contributed by atoms with Gasteiger partial charge in [0.15, 0.2) is 0 Å². The predicted octanol–water partition coefficient (Wildman–Crippen LogP) is 2.37. The van der Waals surface area contributed by atoms with Gasteiger partial charge in [0.1, 0.15) is 12.6 Å². The first kappa shape index (κ1) is 31.9. The van der Waals surface area contributed by atoms with Gasteiger partial charge >= 0.3 is 19.5 Å². The van der Waals surface area contributed by atoms with Crippen molar-refractivity contribution in [3.8, 4) is 0 Å². The fraction of sp³-hybridized carbons (Fsp3) is 0.458. The first-order chi connectivity index (χ1) is 18.5. The van der Waals surface area contributed by atoms with Gasteiger partial charge in [0.25, 0.3) is 5.91 Å². The van der Waals surface area contributed by atoms with Crippen LogP contribution in [0.1, 0.15) is 49.4 Å². The van der Waals surface area contributed by atoms with Crippen LogP contribution in [0.3, 0.4) is 0 Å². The van der Waals surface area contributed by atoms with E-state index in [1.165, 1.54) is 11.2 Å². The molecule has 1 aliphatic rings. The van der Waals surface area contributed by atoms with Crippen molar-refractivity contribution in [3.63, 3.8) is 0 Å². The maximum atomic E-state index is 13.3. The molecule has 6 N–H and O–H groups in total. The number of hydrogen-bond donors (Lipinski definition) is 6. The molecule has 1 aromatic rings. The van der Waals surface area contributed by atoms with E-state index in [4.69, 9.17) is 14.7 Å². The van der Waals surface area contributed by atoms with E-state index in [0.717, 1.165) is 24.6 Å². The van der Waals surface area contributed by atoms with Gasteiger partial charge in [-0.2, -0.15) is 0 Å². The molecule has 0 spiro atoms. The van der Waals surface area contributed by atoms with Crippen LogP contribution in [0.5, 0.6) is 0 Å². The number of carbonyl (C=O) groups is 5. The van der Waals surface area contributed by atoms with Gasteiger partial charge in [-0.05, 0) is 55.9 Å². The molecule has 1 aliphatic carbocycles. The number of hydrogen-bond acceptors (Lipinski definition) is 8. The standard InChI is InChI=1S/C24H33N4O9PS/c1-2-37-38(36,28-18-8-6-16(7-9-18)23(34)26-17-10-11-17)12-13-39-15-19(24(35)25-14-22(32)33)27-20(29)4-3-5-21(30)31/h6-9,12-13,17,19H,2-5,10-11,14-15H2,1H3,(H,25,35)(H,26,34)(H,27,29)(H,28,36)(H,30,31)(H,32,33)/b13-12-/t19-,38?/m0/s1. The van der Waals surface area contributed by atoms with E-state index in [9.17, 15) is 28.5 Å². The van der Waals surface area contributed by atoms with Gasteiger partial charge in [-0.15, -0.1) is 11.8 Å². The second-order valence-electron chi connectivity index (χ2n) is 8.55. The lowest BCUT2D eigenvalue weighted by Gasteiger charge is -2.18. The number of carboxylic acids is 2. The molecule has 0 aliphatic heterocycles. The van der Waals surface area contributed by atoms with E-state index >= 15 is 0 Å². The summed E-state index contributed by atoms with van der Waals surface area (Å²) in [4.78, 5) is 58.1. The minimum absolute atomic E-state index is 0.0243. The summed E-state index contributed by atoms with van der Waals surface area (Å²) in [5.74, 6) is -2.51. The number of thioether (sulfide) groups is 1. The highest BCUT2D eigenvalue weighted by Gasteiger charge is 2.25. The van der Waals surface area contributed by atoms with Crippen LogP contribution in [0.25, 0.3) is 0 Å². The average Bonchev–Trinajstić information content (AvgIpc) is 3.68. The van der Waals surface area contributed by atoms with Crippen LogP contribution in [0.4, 0.5) is 5.69 Å². The maximum absolute atomic E-state index is 13.3. The Hall–Kier alpha value is -3.35. The summed E-state index contributed by atoms with van der Waals surface area (Å²) < 4.78 is 18.7. The quantitative estimate of drug-likeness (QED) is 0.138. The fourth-order valence-electron chi connectivity index (χ4n) is 3.09. The van der Waals surface area contributed by atoms with Crippen molar-refractivity contribution in [1.29, 1.82) is 0 Å². The van der Waals surface area contributed by atoms with Crippen LogP contribution in [0.15, 0.2) is 35.5 Å². The molecule has 13 nitrogen and oxygen atoms in total. The minimum Gasteiger partial charge on any atom is -0.481 e. The fourth-order valence-corrected chi connectivity index (χ4v) is 5.73. The Morgan fingerprint density at radius 2 is 1.79 bits per heavy atom. The minimum atomic E-state index is -3.53. The lowest BCUT2D eigenvalue weighted by atomic mass is 10.2. The van der Waals surface area contributed by atoms with Crippen LogP contribution < -0.4 is 21.0 Å². The number of benzene rings is 1. The first-order valence-corrected chi connectivity index (χ1v) is 15.0. The summed E-state index contributed by atoms with van der Waals surface area (Å²) in [6.07, 6.45) is 1.68. The molecule has 2 rings (SSSR count). The van der Waals surface area contributed by atoms with Gasteiger partial charge in [-0.25, -0.2) is 0 Å². The van der Waals surface area contributed by atoms with Gasteiger partial charge in [-0.3, -0.25) is 28.5 Å². The zero-order valence-corrected chi connectivity index (χ0v) is 23.1. The highest BCUT2D eigenvalue weighted by molar-refractivity contribution is 8.02. The summed E-state index contributed by atoms with van der Waals surface area (Å²) >= 11 is 1.03. The largest absolute Gasteiger partial charge is 0.481 e. The molecule has 0 heterocycles. The molecular formula is C24H33N4O9PS. The molecule has 0 saturated heterocycles. The van der Waals surface area contributed by atoms with Gasteiger partial charge in [0.05, 0.1) is 6.61 Å². The van der Waals surface area contributed by atoms with E-state index in [1.807, 2.05) is 0 Å². The van der Waals surface area contributed by atoms with Crippen molar-refractivity contribution in [2.75, 3.05) is 24.0 Å². The molecule has 0 radical (unpaired) electrons. The molecule has 0 aromatic heterocycles. The molecule has 2 atom stereocenters.